The molecule has 0 radical (unpaired) electrons. The van der Waals surface area contributed by atoms with Crippen molar-refractivity contribution in [1.29, 1.82) is 0 Å². The van der Waals surface area contributed by atoms with Crippen LogP contribution in [0.5, 0.6) is 0 Å². The summed E-state index contributed by atoms with van der Waals surface area (Å²) in [5, 5.41) is 0. The summed E-state index contributed by atoms with van der Waals surface area (Å²) in [7, 11) is 0. The van der Waals surface area contributed by atoms with E-state index in [1.165, 1.54) is 30.4 Å². The molecule has 1 aliphatic carbocycles. The summed E-state index contributed by atoms with van der Waals surface area (Å²) >= 11 is 3.62. The lowest BCUT2D eigenvalue weighted by atomic mass is 10.00. The molecule has 2 rings (SSSR count). The maximum absolute atomic E-state index is 5.65. The highest BCUT2D eigenvalue weighted by molar-refractivity contribution is 9.10. The third-order valence-electron chi connectivity index (χ3n) is 3.29. The molecular weight excluding hydrogens is 264 g/mol. The summed E-state index contributed by atoms with van der Waals surface area (Å²) in [5.74, 6) is 6.61. The minimum Gasteiger partial charge on any atom is -0.271 e. The van der Waals surface area contributed by atoms with Crippen LogP contribution in [0.25, 0.3) is 0 Å². The normalized spacial score (nSPS) is 17.4. The molecule has 0 aliphatic heterocycles. The van der Waals surface area contributed by atoms with Gasteiger partial charge in [-0.3, -0.25) is 11.3 Å². The first-order chi connectivity index (χ1) is 7.70. The van der Waals surface area contributed by atoms with Crippen LogP contribution in [-0.2, 0) is 0 Å². The highest BCUT2D eigenvalue weighted by atomic mass is 79.9. The van der Waals surface area contributed by atoms with Gasteiger partial charge in [0.15, 0.2) is 0 Å². The van der Waals surface area contributed by atoms with E-state index in [1.807, 2.05) is 0 Å². The Balaban J connectivity index is 2.05. The second kappa shape index (κ2) is 5.30. The largest absolute Gasteiger partial charge is 0.271 e. The van der Waals surface area contributed by atoms with Gasteiger partial charge in [0, 0.05) is 10.5 Å². The number of hydrogen-bond acceptors (Lipinski definition) is 2. The van der Waals surface area contributed by atoms with E-state index in [4.69, 9.17) is 5.84 Å². The second-order valence-electron chi connectivity index (χ2n) is 4.76. The van der Waals surface area contributed by atoms with Crippen molar-refractivity contribution in [1.82, 2.24) is 5.43 Å². The number of nitrogens with one attached hydrogen (secondary N) is 1. The molecule has 0 saturated heterocycles. The molecule has 88 valence electrons. The monoisotopic (exact) mass is 282 g/mol. The van der Waals surface area contributed by atoms with E-state index in [9.17, 15) is 0 Å². The van der Waals surface area contributed by atoms with Gasteiger partial charge in [-0.15, -0.1) is 0 Å². The lowest BCUT2D eigenvalue weighted by Crippen LogP contribution is -2.28. The zero-order valence-electron chi connectivity index (χ0n) is 9.67. The molecular formula is C13H19BrN2. The standard InChI is InChI=1S/C13H19BrN2/c1-9-2-6-11(12(14)8-9)13(16-15)7-5-10-3-4-10/h2,6,8,10,13,16H,3-5,7,15H2,1H3. The highest BCUT2D eigenvalue weighted by Gasteiger charge is 2.23. The number of hydrogen-bond donors (Lipinski definition) is 2. The number of benzene rings is 1. The van der Waals surface area contributed by atoms with Gasteiger partial charge in [0.2, 0.25) is 0 Å². The Morgan fingerprint density at radius 3 is 2.81 bits per heavy atom. The van der Waals surface area contributed by atoms with Gasteiger partial charge in [-0.2, -0.15) is 0 Å². The van der Waals surface area contributed by atoms with E-state index in [1.54, 1.807) is 0 Å². The van der Waals surface area contributed by atoms with Crippen molar-refractivity contribution in [2.75, 3.05) is 0 Å². The van der Waals surface area contributed by atoms with Gasteiger partial charge in [0.25, 0.3) is 0 Å². The van der Waals surface area contributed by atoms with E-state index < -0.39 is 0 Å². The molecule has 0 heterocycles. The van der Waals surface area contributed by atoms with E-state index in [0.29, 0.717) is 0 Å². The minimum atomic E-state index is 0.274. The Hall–Kier alpha value is -0.380. The first kappa shape index (κ1) is 12.1. The number of aryl methyl sites for hydroxylation is 1. The van der Waals surface area contributed by atoms with Crippen molar-refractivity contribution in [2.24, 2.45) is 11.8 Å². The van der Waals surface area contributed by atoms with Crippen LogP contribution in [0.3, 0.4) is 0 Å². The summed E-state index contributed by atoms with van der Waals surface area (Å²) in [6.07, 6.45) is 5.23. The fourth-order valence-corrected chi connectivity index (χ4v) is 2.82. The van der Waals surface area contributed by atoms with Crippen LogP contribution in [-0.4, -0.2) is 0 Å². The van der Waals surface area contributed by atoms with Crippen molar-refractivity contribution in [2.45, 2.75) is 38.6 Å². The molecule has 0 amide bonds. The van der Waals surface area contributed by atoms with E-state index in [0.717, 1.165) is 16.8 Å². The first-order valence-corrected chi connectivity index (χ1v) is 6.72. The van der Waals surface area contributed by atoms with Crippen LogP contribution in [0.1, 0.15) is 42.9 Å². The fourth-order valence-electron chi connectivity index (χ4n) is 2.05. The van der Waals surface area contributed by atoms with Crippen molar-refractivity contribution in [3.8, 4) is 0 Å². The van der Waals surface area contributed by atoms with Crippen LogP contribution >= 0.6 is 15.9 Å². The maximum atomic E-state index is 5.65. The first-order valence-electron chi connectivity index (χ1n) is 5.93. The molecule has 1 aliphatic rings. The molecule has 1 aromatic carbocycles. The van der Waals surface area contributed by atoms with Gasteiger partial charge in [-0.05, 0) is 42.9 Å². The zero-order chi connectivity index (χ0) is 11.5. The molecule has 3 heteroatoms. The van der Waals surface area contributed by atoms with E-state index in [2.05, 4.69) is 46.5 Å². The number of halogens is 1. The molecule has 1 unspecified atom stereocenters. The number of rotatable bonds is 5. The van der Waals surface area contributed by atoms with Crippen LogP contribution < -0.4 is 11.3 Å². The third kappa shape index (κ3) is 3.06. The van der Waals surface area contributed by atoms with Gasteiger partial charge in [0.1, 0.15) is 0 Å². The fraction of sp³-hybridized carbons (Fsp3) is 0.538. The van der Waals surface area contributed by atoms with Gasteiger partial charge in [0.05, 0.1) is 0 Å². The Kier molecular flexibility index (Phi) is 4.00. The SMILES string of the molecule is Cc1ccc(C(CCC2CC2)NN)c(Br)c1. The molecule has 1 saturated carbocycles. The lowest BCUT2D eigenvalue weighted by Gasteiger charge is -2.18. The average molecular weight is 283 g/mol. The van der Waals surface area contributed by atoms with Gasteiger partial charge in [-0.1, -0.05) is 40.9 Å². The predicted octanol–water partition coefficient (Wildman–Crippen LogP) is 3.45. The molecule has 1 aromatic rings. The molecule has 0 aromatic heterocycles. The van der Waals surface area contributed by atoms with E-state index >= 15 is 0 Å². The number of nitrogens with two attached hydrogens (primary N) is 1. The van der Waals surface area contributed by atoms with Gasteiger partial charge in [-0.25, -0.2) is 0 Å². The Bertz CT molecular complexity index is 361. The molecule has 1 fully saturated rings. The minimum absolute atomic E-state index is 0.274. The van der Waals surface area contributed by atoms with Gasteiger partial charge >= 0.3 is 0 Å². The van der Waals surface area contributed by atoms with Gasteiger partial charge < -0.3 is 0 Å². The maximum Gasteiger partial charge on any atom is 0.0471 e. The molecule has 1 atom stereocenters. The summed E-state index contributed by atoms with van der Waals surface area (Å²) in [6.45, 7) is 2.10. The topological polar surface area (TPSA) is 38.0 Å². The average Bonchev–Trinajstić information content (AvgIpc) is 3.05. The predicted molar refractivity (Wildman–Crippen MR) is 70.9 cm³/mol. The van der Waals surface area contributed by atoms with Crippen LogP contribution in [0.2, 0.25) is 0 Å². The zero-order valence-corrected chi connectivity index (χ0v) is 11.3. The summed E-state index contributed by atoms with van der Waals surface area (Å²) < 4.78 is 1.16. The Morgan fingerprint density at radius 1 is 1.50 bits per heavy atom. The van der Waals surface area contributed by atoms with Crippen molar-refractivity contribution in [3.05, 3.63) is 33.8 Å². The molecule has 0 spiro atoms. The van der Waals surface area contributed by atoms with Crippen molar-refractivity contribution in [3.63, 3.8) is 0 Å². The Labute approximate surface area is 106 Å². The smallest absolute Gasteiger partial charge is 0.0471 e. The lowest BCUT2D eigenvalue weighted by molar-refractivity contribution is 0.480. The quantitative estimate of drug-likeness (QED) is 0.641. The number of hydrazine groups is 1. The van der Waals surface area contributed by atoms with Crippen LogP contribution in [0, 0.1) is 12.8 Å². The van der Waals surface area contributed by atoms with Crippen LogP contribution in [0.15, 0.2) is 22.7 Å². The third-order valence-corrected chi connectivity index (χ3v) is 3.98. The molecule has 0 bridgehead atoms. The van der Waals surface area contributed by atoms with E-state index in [-0.39, 0.29) is 6.04 Å². The highest BCUT2D eigenvalue weighted by Crippen LogP contribution is 2.36. The Morgan fingerprint density at radius 2 is 2.25 bits per heavy atom. The molecule has 3 N–H and O–H groups in total. The van der Waals surface area contributed by atoms with Crippen molar-refractivity contribution < 1.29 is 0 Å². The molecule has 16 heavy (non-hydrogen) atoms. The summed E-state index contributed by atoms with van der Waals surface area (Å²) in [5.41, 5.74) is 5.48. The summed E-state index contributed by atoms with van der Waals surface area (Å²) in [6, 6.07) is 6.73. The van der Waals surface area contributed by atoms with Crippen molar-refractivity contribution >= 4 is 15.9 Å². The second-order valence-corrected chi connectivity index (χ2v) is 5.62. The summed E-state index contributed by atoms with van der Waals surface area (Å²) in [4.78, 5) is 0. The molecule has 2 nitrogen and oxygen atoms in total. The van der Waals surface area contributed by atoms with Crippen LogP contribution in [0.4, 0.5) is 0 Å².